The fourth-order valence-corrected chi connectivity index (χ4v) is 5.42. The molecule has 0 unspecified atom stereocenters. The molecule has 0 spiro atoms. The molecule has 186 valence electrons. The van der Waals surface area contributed by atoms with Crippen molar-refractivity contribution in [1.82, 2.24) is 24.9 Å². The van der Waals surface area contributed by atoms with Crippen molar-refractivity contribution in [2.45, 2.75) is 46.0 Å². The van der Waals surface area contributed by atoms with Crippen LogP contribution in [-0.2, 0) is 9.53 Å². The Balaban J connectivity index is 1.20. The highest BCUT2D eigenvalue weighted by Crippen LogP contribution is 2.32. The number of aryl methyl sites for hydroxylation is 2. The highest BCUT2D eigenvalue weighted by Gasteiger charge is 2.28. The van der Waals surface area contributed by atoms with Gasteiger partial charge in [-0.3, -0.25) is 9.69 Å². The van der Waals surface area contributed by atoms with E-state index in [1.807, 2.05) is 29.8 Å². The summed E-state index contributed by atoms with van der Waals surface area (Å²) in [5.41, 5.74) is 3.89. The third kappa shape index (κ3) is 5.23. The first-order valence-electron chi connectivity index (χ1n) is 13.0. The molecule has 2 aliphatic rings. The van der Waals surface area contributed by atoms with E-state index in [4.69, 9.17) is 9.84 Å². The molecule has 0 radical (unpaired) electrons. The summed E-state index contributed by atoms with van der Waals surface area (Å²) in [6, 6.07) is 10.2. The van der Waals surface area contributed by atoms with Gasteiger partial charge in [-0.1, -0.05) is 18.2 Å². The van der Waals surface area contributed by atoms with Crippen LogP contribution in [0.2, 0.25) is 0 Å². The van der Waals surface area contributed by atoms with Gasteiger partial charge in [0.2, 0.25) is 0 Å². The first-order valence-corrected chi connectivity index (χ1v) is 13.0. The Morgan fingerprint density at radius 2 is 1.74 bits per heavy atom. The Kier molecular flexibility index (Phi) is 7.39. The molecule has 2 aliphatic heterocycles. The maximum Gasteiger partial charge on any atom is 0.179 e. The number of nitrogens with zero attached hydrogens (tertiary/aromatic N) is 6. The number of para-hydroxylation sites is 1. The van der Waals surface area contributed by atoms with Gasteiger partial charge < -0.3 is 9.64 Å². The topological polar surface area (TPSA) is 76.4 Å². The molecule has 2 aromatic heterocycles. The van der Waals surface area contributed by atoms with Crippen LogP contribution in [0, 0.1) is 19.8 Å². The Morgan fingerprint density at radius 3 is 2.49 bits per heavy atom. The number of carbonyl (C=O) groups excluding carboxylic acids is 1. The average molecular weight is 477 g/mol. The van der Waals surface area contributed by atoms with Crippen LogP contribution < -0.4 is 4.90 Å². The van der Waals surface area contributed by atoms with Gasteiger partial charge >= 0.3 is 0 Å². The summed E-state index contributed by atoms with van der Waals surface area (Å²) in [5, 5.41) is 15.0. The predicted octanol–water partition coefficient (Wildman–Crippen LogP) is 3.72. The van der Waals surface area contributed by atoms with Crippen molar-refractivity contribution in [3.63, 3.8) is 0 Å². The molecule has 2 saturated heterocycles. The minimum Gasteiger partial charge on any atom is -0.379 e. The second-order valence-corrected chi connectivity index (χ2v) is 9.80. The van der Waals surface area contributed by atoms with Crippen LogP contribution in [0.5, 0.6) is 0 Å². The van der Waals surface area contributed by atoms with Crippen LogP contribution in [-0.4, -0.2) is 76.6 Å². The van der Waals surface area contributed by atoms with Gasteiger partial charge in [0, 0.05) is 38.5 Å². The summed E-state index contributed by atoms with van der Waals surface area (Å²) < 4.78 is 7.39. The minimum absolute atomic E-state index is 0.159. The third-order valence-corrected chi connectivity index (χ3v) is 7.49. The Hall–Kier alpha value is -2.84. The minimum atomic E-state index is 0.159. The number of aromatic nitrogens is 4. The molecule has 0 amide bonds. The van der Waals surface area contributed by atoms with Gasteiger partial charge in [-0.15, -0.1) is 5.10 Å². The third-order valence-electron chi connectivity index (χ3n) is 7.49. The van der Waals surface area contributed by atoms with E-state index >= 15 is 0 Å². The van der Waals surface area contributed by atoms with Crippen molar-refractivity contribution in [1.29, 1.82) is 0 Å². The molecule has 35 heavy (non-hydrogen) atoms. The number of Topliss-reactive ketones (excluding diaryl/α,β-unsaturated/α-hetero) is 1. The van der Waals surface area contributed by atoms with E-state index in [0.717, 1.165) is 105 Å². The summed E-state index contributed by atoms with van der Waals surface area (Å²) in [7, 11) is 0. The zero-order chi connectivity index (χ0) is 24.2. The number of hydrogen-bond donors (Lipinski definition) is 0. The van der Waals surface area contributed by atoms with Crippen molar-refractivity contribution in [2.75, 3.05) is 50.8 Å². The number of fused-ring (bicyclic) bond motifs is 1. The quantitative estimate of drug-likeness (QED) is 0.459. The van der Waals surface area contributed by atoms with Gasteiger partial charge in [0.25, 0.3) is 0 Å². The van der Waals surface area contributed by atoms with E-state index < -0.39 is 0 Å². The lowest BCUT2D eigenvalue weighted by Crippen LogP contribution is -2.37. The van der Waals surface area contributed by atoms with Crippen molar-refractivity contribution in [2.24, 2.45) is 5.92 Å². The maximum absolute atomic E-state index is 12.9. The number of carbonyl (C=O) groups is 1. The van der Waals surface area contributed by atoms with Gasteiger partial charge in [0.05, 0.1) is 35.7 Å². The summed E-state index contributed by atoms with van der Waals surface area (Å²) in [4.78, 5) is 17.6. The molecule has 8 nitrogen and oxygen atoms in total. The maximum atomic E-state index is 12.9. The van der Waals surface area contributed by atoms with Crippen LogP contribution in [0.3, 0.4) is 0 Å². The molecule has 0 saturated carbocycles. The molecule has 0 bridgehead atoms. The Labute approximate surface area is 207 Å². The lowest BCUT2D eigenvalue weighted by molar-refractivity contribution is -0.123. The van der Waals surface area contributed by atoms with E-state index in [1.165, 1.54) is 0 Å². The summed E-state index contributed by atoms with van der Waals surface area (Å²) in [5.74, 6) is 1.42. The number of ketones is 1. The number of piperidine rings is 1. The lowest BCUT2D eigenvalue weighted by Gasteiger charge is -2.32. The molecule has 8 heteroatoms. The van der Waals surface area contributed by atoms with E-state index in [9.17, 15) is 4.79 Å². The number of unbranched alkanes of at least 4 members (excludes halogenated alkanes) is 1. The molecule has 3 aromatic rings. The van der Waals surface area contributed by atoms with Crippen LogP contribution in [0.4, 0.5) is 5.82 Å². The van der Waals surface area contributed by atoms with Gasteiger partial charge in [-0.2, -0.15) is 10.2 Å². The number of hydrogen-bond acceptors (Lipinski definition) is 7. The molecule has 0 aliphatic carbocycles. The van der Waals surface area contributed by atoms with Crippen molar-refractivity contribution >= 4 is 22.5 Å². The smallest absolute Gasteiger partial charge is 0.179 e. The molecule has 1 aromatic carbocycles. The van der Waals surface area contributed by atoms with Crippen LogP contribution in [0.1, 0.15) is 43.5 Å². The number of rotatable bonds is 8. The highest BCUT2D eigenvalue weighted by molar-refractivity contribution is 5.92. The molecule has 0 N–H and O–H groups in total. The fraction of sp³-hybridized carbons (Fsp3) is 0.556. The van der Waals surface area contributed by atoms with Gasteiger partial charge in [0.1, 0.15) is 11.3 Å². The lowest BCUT2D eigenvalue weighted by atomic mass is 9.90. The number of anilines is 1. The first-order chi connectivity index (χ1) is 17.1. The zero-order valence-electron chi connectivity index (χ0n) is 20.9. The SMILES string of the molecule is Cc1nnc(N2CCC(C(=O)CCCCN3CCOCC3)CC2)c2nn(-c3ccccc3)c(C)c12. The largest absolute Gasteiger partial charge is 0.379 e. The van der Waals surface area contributed by atoms with Gasteiger partial charge in [-0.25, -0.2) is 4.68 Å². The molecular weight excluding hydrogens is 440 g/mol. The summed E-state index contributed by atoms with van der Waals surface area (Å²) in [6.45, 7) is 10.5. The van der Waals surface area contributed by atoms with Crippen LogP contribution in [0.25, 0.3) is 16.6 Å². The predicted molar refractivity (Wildman–Crippen MR) is 137 cm³/mol. The standard InChI is InChI=1S/C27H36N6O2/c1-20-25-21(2)33(23-8-4-3-5-9-23)30-26(25)27(29-28-20)32-14-11-22(12-15-32)24(34)10-6-7-13-31-16-18-35-19-17-31/h3-5,8-9,22H,6-7,10-19H2,1-2H3. The zero-order valence-corrected chi connectivity index (χ0v) is 20.9. The normalized spacial score (nSPS) is 17.8. The number of morpholine rings is 1. The first kappa shape index (κ1) is 23.9. The van der Waals surface area contributed by atoms with E-state index in [0.29, 0.717) is 12.2 Å². The van der Waals surface area contributed by atoms with Crippen molar-refractivity contribution in [3.8, 4) is 5.69 Å². The van der Waals surface area contributed by atoms with Crippen LogP contribution in [0.15, 0.2) is 30.3 Å². The summed E-state index contributed by atoms with van der Waals surface area (Å²) >= 11 is 0. The Bertz CT molecular complexity index is 1150. The van der Waals surface area contributed by atoms with Crippen molar-refractivity contribution in [3.05, 3.63) is 41.7 Å². The average Bonchev–Trinajstić information content (AvgIpc) is 3.26. The molecule has 4 heterocycles. The van der Waals surface area contributed by atoms with Gasteiger partial charge in [-0.05, 0) is 58.2 Å². The summed E-state index contributed by atoms with van der Waals surface area (Å²) in [6.07, 6.45) is 4.52. The molecule has 5 rings (SSSR count). The number of ether oxygens (including phenoxy) is 1. The molecular formula is C27H36N6O2. The van der Waals surface area contributed by atoms with Crippen molar-refractivity contribution < 1.29 is 9.53 Å². The fourth-order valence-electron chi connectivity index (χ4n) is 5.42. The second-order valence-electron chi connectivity index (χ2n) is 9.80. The van der Waals surface area contributed by atoms with Crippen LogP contribution >= 0.6 is 0 Å². The monoisotopic (exact) mass is 476 g/mol. The Morgan fingerprint density at radius 1 is 1.00 bits per heavy atom. The van der Waals surface area contributed by atoms with E-state index in [-0.39, 0.29) is 5.92 Å². The second kappa shape index (κ2) is 10.8. The number of benzene rings is 1. The van der Waals surface area contributed by atoms with E-state index in [1.54, 1.807) is 0 Å². The molecule has 2 fully saturated rings. The van der Waals surface area contributed by atoms with E-state index in [2.05, 4.69) is 39.1 Å². The highest BCUT2D eigenvalue weighted by atomic mass is 16.5. The molecule has 0 atom stereocenters. The van der Waals surface area contributed by atoms with Gasteiger partial charge in [0.15, 0.2) is 5.82 Å².